The van der Waals surface area contributed by atoms with Crippen LogP contribution in [0.1, 0.15) is 16.8 Å². The molecule has 0 radical (unpaired) electrons. The maximum Gasteiger partial charge on any atom is 0.327 e. The van der Waals surface area contributed by atoms with Crippen molar-refractivity contribution in [3.63, 3.8) is 0 Å². The second kappa shape index (κ2) is 7.92. The first-order valence-electron chi connectivity index (χ1n) is 5.93. The number of halogens is 1. The Bertz CT molecular complexity index is 595. The Labute approximate surface area is 126 Å². The minimum absolute atomic E-state index is 0.136. The molecule has 1 rings (SSSR count). The number of carboxylic acids is 1. The van der Waals surface area contributed by atoms with Crippen molar-refractivity contribution in [1.82, 2.24) is 10.6 Å². The number of rotatable bonds is 6. The highest BCUT2D eigenvalue weighted by atomic mass is 35.5. The molecule has 0 aliphatic heterocycles. The molecule has 0 fully saturated rings. The van der Waals surface area contributed by atoms with Crippen LogP contribution in [0.2, 0.25) is 5.02 Å². The molecule has 1 aromatic carbocycles. The maximum atomic E-state index is 11.7. The van der Waals surface area contributed by atoms with Crippen molar-refractivity contribution in [2.75, 3.05) is 6.54 Å². The molecule has 1 atom stereocenters. The molecule has 0 aliphatic rings. The average molecular weight is 309 g/mol. The molecule has 0 aliphatic carbocycles. The normalized spacial score (nSPS) is 11.0. The van der Waals surface area contributed by atoms with E-state index >= 15 is 0 Å². The fourth-order valence-corrected chi connectivity index (χ4v) is 1.65. The standard InChI is InChI=1S/C14H13ClN2O4/c1-2-4-11(14(20)21)17-12(18)8-16-13(19)9-5-3-6-10(15)7-9/h1,3,5-7,11H,4,8H2,(H,16,19)(H,17,18)(H,20,21). The van der Waals surface area contributed by atoms with Crippen LogP contribution >= 0.6 is 11.6 Å². The maximum absolute atomic E-state index is 11.7. The van der Waals surface area contributed by atoms with Crippen LogP contribution in [-0.2, 0) is 9.59 Å². The number of terminal acetylenes is 1. The average Bonchev–Trinajstić information content (AvgIpc) is 2.44. The lowest BCUT2D eigenvalue weighted by molar-refractivity contribution is -0.141. The molecule has 7 heteroatoms. The molecule has 0 aromatic heterocycles. The van der Waals surface area contributed by atoms with Crippen molar-refractivity contribution in [3.8, 4) is 12.3 Å². The van der Waals surface area contributed by atoms with E-state index in [1.54, 1.807) is 12.1 Å². The number of carboxylic acid groups (broad SMARTS) is 1. The zero-order valence-electron chi connectivity index (χ0n) is 10.9. The van der Waals surface area contributed by atoms with Crippen LogP contribution < -0.4 is 10.6 Å². The first kappa shape index (κ1) is 16.5. The predicted octanol–water partition coefficient (Wildman–Crippen LogP) is 0.662. The highest BCUT2D eigenvalue weighted by Crippen LogP contribution is 2.10. The number of benzene rings is 1. The smallest absolute Gasteiger partial charge is 0.327 e. The Balaban J connectivity index is 2.51. The topological polar surface area (TPSA) is 95.5 Å². The second-order valence-corrected chi connectivity index (χ2v) is 4.50. The summed E-state index contributed by atoms with van der Waals surface area (Å²) in [6, 6.07) is 5.03. The lowest BCUT2D eigenvalue weighted by atomic mass is 10.2. The van der Waals surface area contributed by atoms with E-state index in [9.17, 15) is 14.4 Å². The first-order chi connectivity index (χ1) is 9.93. The van der Waals surface area contributed by atoms with Crippen molar-refractivity contribution in [2.45, 2.75) is 12.5 Å². The second-order valence-electron chi connectivity index (χ2n) is 4.06. The molecule has 0 bridgehead atoms. The third-order valence-electron chi connectivity index (χ3n) is 2.45. The molecule has 1 unspecified atom stereocenters. The number of carbonyl (C=O) groups excluding carboxylic acids is 2. The zero-order chi connectivity index (χ0) is 15.8. The zero-order valence-corrected chi connectivity index (χ0v) is 11.7. The van der Waals surface area contributed by atoms with E-state index in [0.717, 1.165) is 0 Å². The van der Waals surface area contributed by atoms with Gasteiger partial charge in [-0.15, -0.1) is 12.3 Å². The number of hydrogen-bond donors (Lipinski definition) is 3. The van der Waals surface area contributed by atoms with Gasteiger partial charge < -0.3 is 15.7 Å². The van der Waals surface area contributed by atoms with Crippen molar-refractivity contribution >= 4 is 29.4 Å². The van der Waals surface area contributed by atoms with Gasteiger partial charge in [-0.3, -0.25) is 9.59 Å². The lowest BCUT2D eigenvalue weighted by Crippen LogP contribution is -2.45. The first-order valence-corrected chi connectivity index (χ1v) is 6.31. The summed E-state index contributed by atoms with van der Waals surface area (Å²) in [5, 5.41) is 13.8. The Morgan fingerprint density at radius 3 is 2.67 bits per heavy atom. The molecule has 0 saturated heterocycles. The summed E-state index contributed by atoms with van der Waals surface area (Å²) < 4.78 is 0. The highest BCUT2D eigenvalue weighted by molar-refractivity contribution is 6.30. The van der Waals surface area contributed by atoms with E-state index in [2.05, 4.69) is 16.6 Å². The minimum Gasteiger partial charge on any atom is -0.480 e. The Morgan fingerprint density at radius 2 is 2.10 bits per heavy atom. The minimum atomic E-state index is -1.23. The summed E-state index contributed by atoms with van der Waals surface area (Å²) in [6.45, 7) is -0.361. The molecule has 0 heterocycles. The van der Waals surface area contributed by atoms with Crippen molar-refractivity contribution < 1.29 is 19.5 Å². The third kappa shape index (κ3) is 5.55. The largest absolute Gasteiger partial charge is 0.480 e. The summed E-state index contributed by atoms with van der Waals surface area (Å²) >= 11 is 5.75. The Morgan fingerprint density at radius 1 is 1.38 bits per heavy atom. The van der Waals surface area contributed by atoms with Crippen LogP contribution in [0.5, 0.6) is 0 Å². The van der Waals surface area contributed by atoms with Crippen molar-refractivity contribution in [2.24, 2.45) is 0 Å². The fraction of sp³-hybridized carbons (Fsp3) is 0.214. The van der Waals surface area contributed by atoms with Gasteiger partial charge in [-0.2, -0.15) is 0 Å². The predicted molar refractivity (Wildman–Crippen MR) is 76.8 cm³/mol. The number of nitrogens with one attached hydrogen (secondary N) is 2. The van der Waals surface area contributed by atoms with Gasteiger partial charge in [0.25, 0.3) is 5.91 Å². The van der Waals surface area contributed by atoms with Gasteiger partial charge in [-0.25, -0.2) is 4.79 Å². The molecule has 21 heavy (non-hydrogen) atoms. The van der Waals surface area contributed by atoms with Gasteiger partial charge in [0.15, 0.2) is 0 Å². The van der Waals surface area contributed by atoms with E-state index in [-0.39, 0.29) is 13.0 Å². The van der Waals surface area contributed by atoms with Gasteiger partial charge in [0.1, 0.15) is 6.04 Å². The summed E-state index contributed by atoms with van der Waals surface area (Å²) in [4.78, 5) is 34.1. The van der Waals surface area contributed by atoms with Gasteiger partial charge >= 0.3 is 5.97 Å². The van der Waals surface area contributed by atoms with E-state index in [1.165, 1.54) is 12.1 Å². The van der Waals surface area contributed by atoms with Crippen LogP contribution in [0.25, 0.3) is 0 Å². The SMILES string of the molecule is C#CCC(NC(=O)CNC(=O)c1cccc(Cl)c1)C(=O)O. The summed E-state index contributed by atoms with van der Waals surface area (Å²) in [5.41, 5.74) is 0.300. The summed E-state index contributed by atoms with van der Waals surface area (Å²) in [7, 11) is 0. The molecular weight excluding hydrogens is 296 g/mol. The van der Waals surface area contributed by atoms with Gasteiger partial charge in [0.05, 0.1) is 6.54 Å². The van der Waals surface area contributed by atoms with E-state index in [0.29, 0.717) is 10.6 Å². The van der Waals surface area contributed by atoms with Crippen LogP contribution in [0, 0.1) is 12.3 Å². The number of hydrogen-bond acceptors (Lipinski definition) is 3. The highest BCUT2D eigenvalue weighted by Gasteiger charge is 2.19. The van der Waals surface area contributed by atoms with Gasteiger partial charge in [-0.1, -0.05) is 17.7 Å². The summed E-state index contributed by atoms with van der Waals surface area (Å²) in [5.74, 6) is -0.215. The van der Waals surface area contributed by atoms with Crippen LogP contribution in [0.15, 0.2) is 24.3 Å². The monoisotopic (exact) mass is 308 g/mol. The quantitative estimate of drug-likeness (QED) is 0.673. The molecule has 0 spiro atoms. The molecule has 0 saturated carbocycles. The molecule has 3 N–H and O–H groups in total. The van der Waals surface area contributed by atoms with E-state index in [1.807, 2.05) is 0 Å². The molecule has 6 nitrogen and oxygen atoms in total. The number of carbonyl (C=O) groups is 3. The molecule has 2 amide bonds. The third-order valence-corrected chi connectivity index (χ3v) is 2.69. The number of aliphatic carboxylic acids is 1. The molecular formula is C14H13ClN2O4. The fourth-order valence-electron chi connectivity index (χ4n) is 1.46. The van der Waals surface area contributed by atoms with Gasteiger partial charge in [-0.05, 0) is 18.2 Å². The van der Waals surface area contributed by atoms with Crippen LogP contribution in [0.4, 0.5) is 0 Å². The van der Waals surface area contributed by atoms with Crippen molar-refractivity contribution in [1.29, 1.82) is 0 Å². The van der Waals surface area contributed by atoms with Crippen LogP contribution in [0.3, 0.4) is 0 Å². The lowest BCUT2D eigenvalue weighted by Gasteiger charge is -2.12. The van der Waals surface area contributed by atoms with Crippen LogP contribution in [-0.4, -0.2) is 35.5 Å². The van der Waals surface area contributed by atoms with E-state index in [4.69, 9.17) is 23.1 Å². The Hall–Kier alpha value is -2.52. The summed E-state index contributed by atoms with van der Waals surface area (Å²) in [6.07, 6.45) is 4.87. The number of amides is 2. The van der Waals surface area contributed by atoms with Gasteiger partial charge in [0.2, 0.25) is 5.91 Å². The Kier molecular flexibility index (Phi) is 6.24. The van der Waals surface area contributed by atoms with Gasteiger partial charge in [0, 0.05) is 17.0 Å². The van der Waals surface area contributed by atoms with E-state index < -0.39 is 23.8 Å². The molecule has 110 valence electrons. The van der Waals surface area contributed by atoms with Crippen molar-refractivity contribution in [3.05, 3.63) is 34.9 Å². The molecule has 1 aromatic rings.